The number of hydrogen-bond acceptors (Lipinski definition) is 10. The van der Waals surface area contributed by atoms with Crippen molar-refractivity contribution in [1.82, 2.24) is 21.3 Å². The third kappa shape index (κ3) is 14.3. The topological polar surface area (TPSA) is 192 Å². The number of methoxy groups -OCH3 is 1. The number of carbonyl (C=O) groups excluding carboxylic acids is 5. The fourth-order valence-corrected chi connectivity index (χ4v) is 6.00. The number of nitrogens with zero attached hydrogens (tertiary/aromatic N) is 1. The van der Waals surface area contributed by atoms with E-state index in [2.05, 4.69) is 31.0 Å². The first-order valence-electron chi connectivity index (χ1n) is 19.8. The fourth-order valence-electron chi connectivity index (χ4n) is 6.00. The second-order valence-corrected chi connectivity index (χ2v) is 14.8. The van der Waals surface area contributed by atoms with Crippen LogP contribution in [0.5, 0.6) is 11.5 Å². The van der Waals surface area contributed by atoms with Gasteiger partial charge in [-0.1, -0.05) is 72.8 Å². The van der Waals surface area contributed by atoms with Crippen LogP contribution in [0, 0.1) is 0 Å². The molecule has 0 unspecified atom stereocenters. The lowest BCUT2D eigenvalue weighted by atomic mass is 9.92. The monoisotopic (exact) mass is 825 g/mol. The number of amides is 4. The van der Waals surface area contributed by atoms with Gasteiger partial charge in [-0.2, -0.15) is 0 Å². The van der Waals surface area contributed by atoms with Gasteiger partial charge >= 0.3 is 18.2 Å². The molecule has 0 saturated heterocycles. The Morgan fingerprint density at radius 3 is 2.00 bits per heavy atom. The predicted molar refractivity (Wildman–Crippen MR) is 230 cm³/mol. The molecule has 0 aliphatic heterocycles. The third-order valence-electron chi connectivity index (χ3n) is 8.62. The molecule has 15 nitrogen and oxygen atoms in total. The lowest BCUT2D eigenvalue weighted by Gasteiger charge is -2.21. The summed E-state index contributed by atoms with van der Waals surface area (Å²) in [6.45, 7) is 10.0. The summed E-state index contributed by atoms with van der Waals surface area (Å²) in [4.78, 5) is 67.2. The first kappa shape index (κ1) is 46.1. The maximum atomic E-state index is 13.6. The van der Waals surface area contributed by atoms with Crippen LogP contribution in [0.1, 0.15) is 60.8 Å². The van der Waals surface area contributed by atoms with Gasteiger partial charge in [0.2, 0.25) is 11.9 Å². The highest BCUT2D eigenvalue weighted by Gasteiger charge is 2.24. The van der Waals surface area contributed by atoms with Crippen molar-refractivity contribution in [2.45, 2.75) is 78.6 Å². The molecule has 1 atom stereocenters. The van der Waals surface area contributed by atoms with Crippen LogP contribution >= 0.6 is 0 Å². The van der Waals surface area contributed by atoms with E-state index in [1.807, 2.05) is 91.9 Å². The minimum absolute atomic E-state index is 0.159. The van der Waals surface area contributed by atoms with Crippen molar-refractivity contribution in [1.29, 1.82) is 0 Å². The van der Waals surface area contributed by atoms with E-state index in [1.54, 1.807) is 34.6 Å². The molecule has 0 fully saturated rings. The molecule has 0 saturated carbocycles. The van der Waals surface area contributed by atoms with Crippen LogP contribution in [0.2, 0.25) is 0 Å². The van der Waals surface area contributed by atoms with Crippen LogP contribution in [0.4, 0.5) is 9.59 Å². The number of fused-ring (bicyclic) bond motifs is 2. The number of ether oxygens (including phenoxy) is 5. The number of hydrogen-bond donors (Lipinski definition) is 4. The second kappa shape index (κ2) is 22.5. The van der Waals surface area contributed by atoms with Crippen molar-refractivity contribution in [3.63, 3.8) is 0 Å². The van der Waals surface area contributed by atoms with Crippen LogP contribution in [-0.2, 0) is 28.6 Å². The summed E-state index contributed by atoms with van der Waals surface area (Å²) in [5.41, 5.74) is 0.738. The molecule has 4 aromatic rings. The molecule has 0 heterocycles. The van der Waals surface area contributed by atoms with E-state index in [0.717, 1.165) is 32.7 Å². The van der Waals surface area contributed by atoms with Crippen molar-refractivity contribution in [3.05, 3.63) is 84.9 Å². The van der Waals surface area contributed by atoms with Gasteiger partial charge in [-0.15, -0.1) is 4.99 Å². The number of guanidine groups is 1. The Kier molecular flexibility index (Phi) is 17.3. The molecule has 0 radical (unpaired) electrons. The average molecular weight is 826 g/mol. The lowest BCUT2D eigenvalue weighted by molar-refractivity contribution is -0.141. The summed E-state index contributed by atoms with van der Waals surface area (Å²) in [6.07, 6.45) is 2.61. The van der Waals surface area contributed by atoms with Gasteiger partial charge in [0.15, 0.2) is 6.61 Å². The summed E-state index contributed by atoms with van der Waals surface area (Å²) in [7, 11) is 1.20. The third-order valence-corrected chi connectivity index (χ3v) is 8.62. The number of nitrogens with one attached hydrogen (secondary N) is 4. The number of rotatable bonds is 17. The van der Waals surface area contributed by atoms with Gasteiger partial charge in [-0.25, -0.2) is 9.59 Å². The van der Waals surface area contributed by atoms with Crippen molar-refractivity contribution >= 4 is 57.5 Å². The van der Waals surface area contributed by atoms with Crippen LogP contribution in [0.25, 0.3) is 32.7 Å². The van der Waals surface area contributed by atoms with Gasteiger partial charge < -0.3 is 39.6 Å². The molecular weight excluding hydrogens is 771 g/mol. The molecule has 0 aliphatic carbocycles. The highest BCUT2D eigenvalue weighted by Crippen LogP contribution is 2.45. The molecule has 0 bridgehead atoms. The zero-order valence-corrected chi connectivity index (χ0v) is 35.2. The summed E-state index contributed by atoms with van der Waals surface area (Å²) in [5.74, 6) is -0.939. The minimum atomic E-state index is -1.06. The molecule has 15 heteroatoms. The van der Waals surface area contributed by atoms with E-state index in [1.165, 1.54) is 7.11 Å². The summed E-state index contributed by atoms with van der Waals surface area (Å²) in [6, 6.07) is 22.4. The second-order valence-electron chi connectivity index (χ2n) is 14.8. The maximum absolute atomic E-state index is 13.6. The largest absolute Gasteiger partial charge is 0.489 e. The Bertz CT molecular complexity index is 2190. The number of allylic oxidation sites excluding steroid dienone is 1. The Morgan fingerprint density at radius 2 is 1.42 bits per heavy atom. The average Bonchev–Trinajstić information content (AvgIpc) is 3.20. The Morgan fingerprint density at radius 1 is 0.800 bits per heavy atom. The zero-order chi connectivity index (χ0) is 43.7. The van der Waals surface area contributed by atoms with Crippen molar-refractivity contribution in [2.24, 2.45) is 4.99 Å². The number of benzene rings is 4. The van der Waals surface area contributed by atoms with Gasteiger partial charge in [0.05, 0.1) is 13.2 Å². The molecule has 0 aromatic heterocycles. The molecule has 4 N–H and O–H groups in total. The molecule has 60 heavy (non-hydrogen) atoms. The van der Waals surface area contributed by atoms with Crippen LogP contribution in [0.3, 0.4) is 0 Å². The number of esters is 1. The molecular formula is C45H55N5O10. The van der Waals surface area contributed by atoms with Gasteiger partial charge in [0, 0.05) is 17.7 Å². The van der Waals surface area contributed by atoms with Crippen LogP contribution in [0.15, 0.2) is 89.9 Å². The summed E-state index contributed by atoms with van der Waals surface area (Å²) < 4.78 is 27.6. The Labute approximate surface area is 350 Å². The van der Waals surface area contributed by atoms with E-state index in [-0.39, 0.29) is 18.9 Å². The number of unbranched alkanes of at least 4 members (excludes halogenated alkanes) is 1. The van der Waals surface area contributed by atoms with E-state index >= 15 is 0 Å². The van der Waals surface area contributed by atoms with Crippen molar-refractivity contribution in [2.75, 3.05) is 33.4 Å². The van der Waals surface area contributed by atoms with Gasteiger partial charge in [0.25, 0.3) is 5.91 Å². The van der Waals surface area contributed by atoms with Gasteiger partial charge in [-0.3, -0.25) is 19.7 Å². The highest BCUT2D eigenvalue weighted by molar-refractivity contribution is 6.10. The summed E-state index contributed by atoms with van der Waals surface area (Å²) in [5, 5.41) is 14.3. The molecule has 0 spiro atoms. The van der Waals surface area contributed by atoms with Gasteiger partial charge in [-0.05, 0) is 94.5 Å². The Hall–Kier alpha value is -6.64. The Balaban J connectivity index is 1.52. The lowest BCUT2D eigenvalue weighted by Crippen LogP contribution is -2.49. The maximum Gasteiger partial charge on any atom is 0.437 e. The minimum Gasteiger partial charge on any atom is -0.489 e. The van der Waals surface area contributed by atoms with E-state index in [0.29, 0.717) is 30.9 Å². The first-order chi connectivity index (χ1) is 28.7. The van der Waals surface area contributed by atoms with Crippen molar-refractivity contribution < 1.29 is 47.7 Å². The van der Waals surface area contributed by atoms with E-state index < -0.39 is 60.9 Å². The standard InChI is InChI=1S/C45H55N5O10/c1-8-9-26-57-35-23-21-30-16-10-12-18-32(30)39(35)40-33-19-13-11-17-31(33)22-24-36(40)58-28-37(51)48-34(41(53)47-27-38(52)56-7)20-14-15-25-46-42(49-43(54)59-29(2)3)50-44(55)60-45(4,5)6/h8-13,16-19,21-24,29,34H,14-15,20,25-28H2,1-7H3,(H,47,53)(H,48,51)(H2,46,49,50,54,55)/b9-8+/t34-/m1/s1. The molecule has 4 aromatic carbocycles. The molecule has 320 valence electrons. The fraction of sp³-hybridized carbons (Fsp3) is 0.378. The molecule has 0 aliphatic rings. The predicted octanol–water partition coefficient (Wildman–Crippen LogP) is 6.95. The SMILES string of the molecule is C/C=C/COc1ccc2ccccc2c1-c1c(OCC(=O)N[C@H](CCCCN/C(=N/C(=O)OC(C)(C)C)NC(=O)OC(C)C)C(=O)NCC(=O)OC)ccc2ccccc12. The number of alkyl carbamates (subject to hydrolysis) is 1. The normalized spacial score (nSPS) is 12.2. The van der Waals surface area contributed by atoms with E-state index in [4.69, 9.17) is 18.9 Å². The van der Waals surface area contributed by atoms with Crippen LogP contribution < -0.4 is 30.7 Å². The van der Waals surface area contributed by atoms with Gasteiger partial charge in [0.1, 0.15) is 36.3 Å². The number of aliphatic imine (C=N–C) groups is 1. The zero-order valence-electron chi connectivity index (χ0n) is 35.2. The number of carbonyl (C=O) groups is 5. The quantitative estimate of drug-likeness (QED) is 0.0215. The molecule has 4 rings (SSSR count). The van der Waals surface area contributed by atoms with E-state index in [9.17, 15) is 24.0 Å². The molecule has 4 amide bonds. The van der Waals surface area contributed by atoms with Crippen LogP contribution in [-0.4, -0.2) is 87.1 Å². The first-order valence-corrected chi connectivity index (χ1v) is 19.8. The van der Waals surface area contributed by atoms with Crippen molar-refractivity contribution in [3.8, 4) is 22.6 Å². The smallest absolute Gasteiger partial charge is 0.437 e. The highest BCUT2D eigenvalue weighted by atomic mass is 16.6. The summed E-state index contributed by atoms with van der Waals surface area (Å²) >= 11 is 0.